The summed E-state index contributed by atoms with van der Waals surface area (Å²) in [7, 11) is 7.36. The number of amides is 1. The summed E-state index contributed by atoms with van der Waals surface area (Å²) in [5.41, 5.74) is 7.09. The molecule has 0 aliphatic rings. The number of aromatic carboxylic acids is 1. The predicted molar refractivity (Wildman–Crippen MR) is 346 cm³/mol. The third kappa shape index (κ3) is 20.4. The number of aliphatic imine (C=N–C) groups is 3. The van der Waals surface area contributed by atoms with Crippen LogP contribution >= 0.6 is 67.8 Å². The number of carbonyl (C=O) groups excluding carboxylic acids is 2. The van der Waals surface area contributed by atoms with Gasteiger partial charge < -0.3 is 47.8 Å². The molecule has 9 aromatic rings. The Bertz CT molecular complexity index is 4290. The fraction of sp³-hybridized carbons (Fsp3) is 0.0500. The second kappa shape index (κ2) is 34.9. The lowest BCUT2D eigenvalue weighted by Crippen LogP contribution is -2.26. The Hall–Kier alpha value is -10.0. The van der Waals surface area contributed by atoms with Crippen LogP contribution in [0.1, 0.15) is 48.4 Å². The first kappa shape index (κ1) is 81.7. The first-order chi connectivity index (χ1) is 46.9. The number of rotatable bonds is 15. The zero-order chi connectivity index (χ0) is 74.5. The summed E-state index contributed by atoms with van der Waals surface area (Å²) in [6.45, 7) is 0. The van der Waals surface area contributed by atoms with Gasteiger partial charge in [-0.1, -0.05) is 86.7 Å². The molecule has 41 heteroatoms. The second-order valence-electron chi connectivity index (χ2n) is 18.7. The van der Waals surface area contributed by atoms with E-state index in [1.54, 1.807) is 0 Å². The van der Waals surface area contributed by atoms with E-state index in [9.17, 15) is 85.3 Å². The smallest absolute Gasteiger partial charge is 0.434 e. The summed E-state index contributed by atoms with van der Waals surface area (Å²) < 4.78 is 232. The van der Waals surface area contributed by atoms with Crippen LogP contribution in [-0.4, -0.2) is 77.6 Å². The van der Waals surface area contributed by atoms with E-state index in [2.05, 4.69) is 51.8 Å². The lowest BCUT2D eigenvalue weighted by molar-refractivity contribution is -0.0580. The number of primary amides is 1. The van der Waals surface area contributed by atoms with Crippen molar-refractivity contribution in [3.05, 3.63) is 230 Å². The van der Waals surface area contributed by atoms with Crippen molar-refractivity contribution in [2.75, 3.05) is 0 Å². The van der Waals surface area contributed by atoms with Gasteiger partial charge in [0.1, 0.15) is 68.7 Å². The van der Waals surface area contributed by atoms with Crippen LogP contribution in [0.15, 0.2) is 175 Å². The summed E-state index contributed by atoms with van der Waals surface area (Å²) in [5, 5.41) is 18.1. The number of alkyl halides is 9. The summed E-state index contributed by atoms with van der Waals surface area (Å²) >= 11 is 23.4. The number of allylic oxidation sites excluding steroid dienone is 3. The van der Waals surface area contributed by atoms with E-state index in [-0.39, 0.29) is 21.2 Å². The fourth-order valence-corrected chi connectivity index (χ4v) is 9.29. The van der Waals surface area contributed by atoms with Gasteiger partial charge in [-0.3, -0.25) is 9.59 Å². The number of carboxylic acids is 1. The molecule has 3 heterocycles. The minimum atomic E-state index is -5.17. The summed E-state index contributed by atoms with van der Waals surface area (Å²) in [5.74, 6) is -11.0. The minimum Gasteiger partial charge on any atom is -0.477 e. The van der Waals surface area contributed by atoms with E-state index < -0.39 is 198 Å². The number of hydrogen-bond acceptors (Lipinski definition) is 17. The van der Waals surface area contributed by atoms with Crippen LogP contribution in [-0.2, 0) is 9.23 Å². The van der Waals surface area contributed by atoms with Gasteiger partial charge in [0.25, 0.3) is 11.1 Å². The summed E-state index contributed by atoms with van der Waals surface area (Å²) in [4.78, 5) is 46.3. The summed E-state index contributed by atoms with van der Waals surface area (Å²) in [6, 6.07) is 22.5. The van der Waals surface area contributed by atoms with Gasteiger partial charge in [-0.25, -0.2) is 50.3 Å². The quantitative estimate of drug-likeness (QED) is 0.0316. The highest BCUT2D eigenvalue weighted by Gasteiger charge is 2.45. The number of hydrogen-bond donors (Lipinski definition) is 6. The number of aromatic nitrogens is 3. The second-order valence-corrected chi connectivity index (χ2v) is 22.8. The molecule has 6 aromatic carbocycles. The molecule has 0 spiro atoms. The normalized spacial score (nSPS) is 12.5. The highest BCUT2D eigenvalue weighted by Crippen LogP contribution is 2.43. The Morgan fingerprint density at radius 1 is 0.465 bits per heavy atom. The van der Waals surface area contributed by atoms with Crippen molar-refractivity contribution in [1.82, 2.24) is 21.6 Å². The molecule has 0 bridgehead atoms. The van der Waals surface area contributed by atoms with Crippen LogP contribution < -0.4 is 29.1 Å². The predicted octanol–water partition coefficient (Wildman–Crippen LogP) is 18.1. The average molecular weight is 1570 g/mol. The minimum absolute atomic E-state index is 0. The topological polar surface area (TPSA) is 343 Å². The molecule has 0 atom stereocenters. The van der Waals surface area contributed by atoms with E-state index in [1.165, 1.54) is 36.4 Å². The molecule has 0 aliphatic carbocycles. The monoisotopic (exact) mass is 1570 g/mol. The average Bonchev–Trinajstić information content (AvgIpc) is 1.69. The SMILES string of the molecule is N.NC=C(C(=Nc1cccc(F)c1)C(F)(F)F)c1onc(-c2c(F)cccc2Cl)c1C(=O)Cl.NC=C(C(=Nc1cccc(F)c1)C(F)(F)F)c1onc(-c2c(F)cccc2Cl)c1C(=O)O.NC=C(C(=Nc1cccc(F)c1)C(F)(F)F)c1onc(-c2c(F)cccc2Cl)c1C(N)=O.O=S(Cl)Cl. The van der Waals surface area contributed by atoms with E-state index in [0.29, 0.717) is 18.6 Å². The molecular formula is C60H36Cl6F15N11O8S. The number of halogens is 21. The molecule has 0 saturated heterocycles. The van der Waals surface area contributed by atoms with Crippen LogP contribution in [0.4, 0.5) is 82.9 Å². The van der Waals surface area contributed by atoms with Crippen LogP contribution in [0.25, 0.3) is 50.5 Å². The number of nitrogens with zero attached hydrogens (tertiary/aromatic N) is 6. The molecule has 12 N–H and O–H groups in total. The highest BCUT2D eigenvalue weighted by atomic mass is 36.0. The number of carbonyl (C=O) groups is 3. The standard InChI is InChI=1S/C20H10Cl2F5N3O2.C20H12ClF5N4O2.C20H11ClF5N3O3.Cl2OS.H3N/c21-12-5-2-6-13(24)14(12)16-15(19(22)31)17(32-30-16)11(8-28)18(20(25,26)27)29-10-4-1-3-9(23)7-10;21-12-5-2-6-13(23)14(12)16-15(19(28)31)17(32-30-16)11(8-27)18(20(24,25)26)29-10-4-1-3-9(22)7-10;21-12-5-2-6-13(23)14(12)16-15(19(30)31)17(32-29-16)11(8-27)18(20(24,25)26)28-10-4-1-3-9(22)7-10;1-4(2)3;/h1-8H,28H2;1-8H,27H2,(H2,28,31);1-8H,27H2,(H,30,31);;1H3. The Morgan fingerprint density at radius 3 is 0.960 bits per heavy atom. The van der Waals surface area contributed by atoms with Gasteiger partial charge in [-0.05, 0) is 103 Å². The number of carboxylic acid groups (broad SMARTS) is 1. The van der Waals surface area contributed by atoms with Gasteiger partial charge in [-0.15, -0.1) is 0 Å². The molecule has 0 aliphatic heterocycles. The summed E-state index contributed by atoms with van der Waals surface area (Å²) in [6.07, 6.45) is -14.1. The van der Waals surface area contributed by atoms with Gasteiger partial charge in [0.15, 0.2) is 34.4 Å². The maximum absolute atomic E-state index is 14.3. The molecule has 3 aromatic heterocycles. The lowest BCUT2D eigenvalue weighted by Gasteiger charge is -2.13. The first-order valence-electron chi connectivity index (χ1n) is 26.2. The van der Waals surface area contributed by atoms with E-state index in [4.69, 9.17) is 87.1 Å². The molecule has 0 fully saturated rings. The Balaban J connectivity index is 0.000000264. The van der Waals surface area contributed by atoms with Crippen molar-refractivity contribution in [1.29, 1.82) is 0 Å². The van der Waals surface area contributed by atoms with E-state index in [0.717, 1.165) is 91.0 Å². The van der Waals surface area contributed by atoms with Crippen molar-refractivity contribution in [2.45, 2.75) is 18.5 Å². The molecule has 1 amide bonds. The highest BCUT2D eigenvalue weighted by molar-refractivity contribution is 8.26. The zero-order valence-corrected chi connectivity index (χ0v) is 54.6. The fourth-order valence-electron chi connectivity index (χ4n) is 8.35. The Kier molecular flexibility index (Phi) is 28.2. The van der Waals surface area contributed by atoms with Crippen molar-refractivity contribution < 1.29 is 103 Å². The molecule has 0 saturated carbocycles. The van der Waals surface area contributed by atoms with Crippen LogP contribution in [0, 0.1) is 34.9 Å². The van der Waals surface area contributed by atoms with Crippen molar-refractivity contribution in [3.63, 3.8) is 0 Å². The Labute approximate surface area is 586 Å². The van der Waals surface area contributed by atoms with E-state index in [1.807, 2.05) is 0 Å². The molecule has 0 unspecified atom stereocenters. The van der Waals surface area contributed by atoms with Gasteiger partial charge in [0, 0.05) is 40.0 Å². The van der Waals surface area contributed by atoms with Gasteiger partial charge in [0.05, 0.1) is 65.5 Å². The van der Waals surface area contributed by atoms with Crippen molar-refractivity contribution in [3.8, 4) is 33.8 Å². The largest absolute Gasteiger partial charge is 0.477 e. The third-order valence-electron chi connectivity index (χ3n) is 12.3. The van der Waals surface area contributed by atoms with Crippen molar-refractivity contribution in [2.24, 2.45) is 37.9 Å². The zero-order valence-electron chi connectivity index (χ0n) is 49.2. The van der Waals surface area contributed by atoms with E-state index >= 15 is 0 Å². The molecule has 101 heavy (non-hydrogen) atoms. The first-order valence-corrected chi connectivity index (χ1v) is 30.5. The molecule has 19 nitrogen and oxygen atoms in total. The van der Waals surface area contributed by atoms with Crippen molar-refractivity contribution >= 4 is 145 Å². The molecule has 0 radical (unpaired) electrons. The van der Waals surface area contributed by atoms with Crippen LogP contribution in [0.5, 0.6) is 0 Å². The lowest BCUT2D eigenvalue weighted by atomic mass is 9.99. The van der Waals surface area contributed by atoms with Crippen LogP contribution in [0.2, 0.25) is 15.1 Å². The number of benzene rings is 6. The van der Waals surface area contributed by atoms with Crippen LogP contribution in [0.3, 0.4) is 0 Å². The van der Waals surface area contributed by atoms with Gasteiger partial charge in [-0.2, -0.15) is 39.5 Å². The third-order valence-corrected chi connectivity index (χ3v) is 13.4. The number of nitrogens with two attached hydrogens (primary N) is 4. The maximum atomic E-state index is 14.3. The Morgan fingerprint density at radius 2 is 0.723 bits per heavy atom. The maximum Gasteiger partial charge on any atom is 0.434 e. The van der Waals surface area contributed by atoms with Gasteiger partial charge >= 0.3 is 24.5 Å². The van der Waals surface area contributed by atoms with Gasteiger partial charge in [0.2, 0.25) is 9.23 Å². The molecular weight excluding hydrogens is 1530 g/mol. The molecule has 532 valence electrons. The molecule has 9 rings (SSSR count).